The topological polar surface area (TPSA) is 59.4 Å². The van der Waals surface area contributed by atoms with Gasteiger partial charge in [-0.2, -0.15) is 5.10 Å². The molecule has 6 heteroatoms. The van der Waals surface area contributed by atoms with Gasteiger partial charge in [-0.3, -0.25) is 0 Å². The predicted octanol–water partition coefficient (Wildman–Crippen LogP) is 2.66. The van der Waals surface area contributed by atoms with Crippen LogP contribution in [-0.2, 0) is 4.74 Å². The highest BCUT2D eigenvalue weighted by atomic mass is 16.5. The molecule has 2 aliphatic rings. The normalized spacial score (nSPS) is 23.6. The van der Waals surface area contributed by atoms with Crippen molar-refractivity contribution in [3.05, 3.63) is 42.7 Å². The van der Waals surface area contributed by atoms with E-state index in [9.17, 15) is 4.79 Å². The number of ether oxygens (including phenoxy) is 1. The van der Waals surface area contributed by atoms with Crippen LogP contribution in [0.4, 0.5) is 10.5 Å². The molecule has 1 aromatic carbocycles. The Morgan fingerprint density at radius 1 is 1.26 bits per heavy atom. The van der Waals surface area contributed by atoms with Gasteiger partial charge in [-0.15, -0.1) is 0 Å². The minimum atomic E-state index is -0.0576. The summed E-state index contributed by atoms with van der Waals surface area (Å²) in [6, 6.07) is 10.00. The Morgan fingerprint density at radius 2 is 2.13 bits per heavy atom. The number of anilines is 1. The van der Waals surface area contributed by atoms with Gasteiger partial charge >= 0.3 is 6.03 Å². The first-order valence-corrected chi connectivity index (χ1v) is 8.10. The van der Waals surface area contributed by atoms with Crippen LogP contribution in [0.3, 0.4) is 0 Å². The lowest BCUT2D eigenvalue weighted by atomic mass is 10.1. The molecule has 2 aromatic rings. The third kappa shape index (κ3) is 2.82. The van der Waals surface area contributed by atoms with E-state index in [1.807, 2.05) is 41.4 Å². The summed E-state index contributed by atoms with van der Waals surface area (Å²) < 4.78 is 7.51. The number of hydrogen-bond donors (Lipinski definition) is 1. The van der Waals surface area contributed by atoms with Crippen LogP contribution < -0.4 is 5.32 Å². The quantitative estimate of drug-likeness (QED) is 0.927. The van der Waals surface area contributed by atoms with Crippen molar-refractivity contribution in [1.29, 1.82) is 0 Å². The predicted molar refractivity (Wildman–Crippen MR) is 86.7 cm³/mol. The summed E-state index contributed by atoms with van der Waals surface area (Å²) in [5.74, 6) is 0. The molecule has 2 unspecified atom stereocenters. The van der Waals surface area contributed by atoms with E-state index in [4.69, 9.17) is 4.74 Å². The van der Waals surface area contributed by atoms with Gasteiger partial charge in [0.05, 0.1) is 42.5 Å². The van der Waals surface area contributed by atoms with E-state index in [0.717, 1.165) is 24.9 Å². The smallest absolute Gasteiger partial charge is 0.322 e. The van der Waals surface area contributed by atoms with Gasteiger partial charge in [0.2, 0.25) is 0 Å². The molecule has 0 bridgehead atoms. The van der Waals surface area contributed by atoms with Crippen molar-refractivity contribution in [2.45, 2.75) is 31.4 Å². The Labute approximate surface area is 135 Å². The van der Waals surface area contributed by atoms with E-state index < -0.39 is 0 Å². The van der Waals surface area contributed by atoms with Gasteiger partial charge in [-0.25, -0.2) is 9.48 Å². The maximum absolute atomic E-state index is 12.6. The third-order valence-electron chi connectivity index (χ3n) is 4.60. The molecule has 0 radical (unpaired) electrons. The molecular weight excluding hydrogens is 292 g/mol. The summed E-state index contributed by atoms with van der Waals surface area (Å²) in [7, 11) is 0. The highest BCUT2D eigenvalue weighted by molar-refractivity contribution is 5.89. The third-order valence-corrected chi connectivity index (χ3v) is 4.60. The Hall–Kier alpha value is -2.34. The number of urea groups is 1. The van der Waals surface area contributed by atoms with Crippen LogP contribution in [0.15, 0.2) is 42.7 Å². The largest absolute Gasteiger partial charge is 0.374 e. The van der Waals surface area contributed by atoms with Crippen LogP contribution in [0.1, 0.15) is 19.3 Å². The zero-order valence-corrected chi connectivity index (χ0v) is 12.9. The van der Waals surface area contributed by atoms with Gasteiger partial charge in [-0.1, -0.05) is 18.2 Å². The summed E-state index contributed by atoms with van der Waals surface area (Å²) in [6.45, 7) is 1.28. The van der Waals surface area contributed by atoms with Crippen LogP contribution in [0, 0.1) is 0 Å². The van der Waals surface area contributed by atoms with Gasteiger partial charge in [0.15, 0.2) is 0 Å². The first kappa shape index (κ1) is 14.3. The lowest BCUT2D eigenvalue weighted by Gasteiger charge is -2.37. The Balaban J connectivity index is 1.46. The first-order valence-electron chi connectivity index (χ1n) is 8.10. The Morgan fingerprint density at radius 3 is 3.00 bits per heavy atom. The number of aromatic nitrogens is 2. The molecule has 1 N–H and O–H groups in total. The molecule has 2 amide bonds. The number of nitrogens with one attached hydrogen (secondary N) is 1. The first-order chi connectivity index (χ1) is 11.3. The standard InChI is InChI=1S/C17H20N4O2/c22-17(20-9-10-23-16-8-4-7-15(16)20)19-13-11-18-21(12-13)14-5-2-1-3-6-14/h1-3,5-6,11-12,15-16H,4,7-10H2,(H,19,22). The van der Waals surface area contributed by atoms with E-state index >= 15 is 0 Å². The number of amides is 2. The number of para-hydroxylation sites is 1. The second kappa shape index (κ2) is 6.04. The zero-order chi connectivity index (χ0) is 15.6. The summed E-state index contributed by atoms with van der Waals surface area (Å²) in [6.07, 6.45) is 6.94. The van der Waals surface area contributed by atoms with E-state index in [0.29, 0.717) is 18.8 Å². The SMILES string of the molecule is O=C(Nc1cnn(-c2ccccc2)c1)N1CCOC2CCCC21. The molecule has 4 rings (SSSR count). The molecule has 2 fully saturated rings. The second-order valence-corrected chi connectivity index (χ2v) is 6.04. The lowest BCUT2D eigenvalue weighted by molar-refractivity contribution is -0.0362. The molecule has 1 aromatic heterocycles. The minimum absolute atomic E-state index is 0.0576. The Bertz CT molecular complexity index is 685. The summed E-state index contributed by atoms with van der Waals surface area (Å²) in [5.41, 5.74) is 1.68. The van der Waals surface area contributed by atoms with Crippen LogP contribution in [0.2, 0.25) is 0 Å². The maximum Gasteiger partial charge on any atom is 0.322 e. The number of rotatable bonds is 2. The Kier molecular flexibility index (Phi) is 3.75. The fraction of sp³-hybridized carbons (Fsp3) is 0.412. The average Bonchev–Trinajstić information content (AvgIpc) is 3.24. The summed E-state index contributed by atoms with van der Waals surface area (Å²) >= 11 is 0. The van der Waals surface area contributed by atoms with Crippen molar-refractivity contribution < 1.29 is 9.53 Å². The number of morpholine rings is 1. The van der Waals surface area contributed by atoms with Crippen molar-refractivity contribution in [1.82, 2.24) is 14.7 Å². The molecule has 1 saturated carbocycles. The number of carbonyl (C=O) groups excluding carboxylic acids is 1. The fourth-order valence-corrected chi connectivity index (χ4v) is 3.48. The molecular formula is C17H20N4O2. The number of fused-ring (bicyclic) bond motifs is 1. The fourth-order valence-electron chi connectivity index (χ4n) is 3.48. The lowest BCUT2D eigenvalue weighted by Crippen LogP contribution is -2.52. The van der Waals surface area contributed by atoms with Crippen LogP contribution in [0.5, 0.6) is 0 Å². The van der Waals surface area contributed by atoms with E-state index in [2.05, 4.69) is 10.4 Å². The number of hydrogen-bond acceptors (Lipinski definition) is 3. The monoisotopic (exact) mass is 312 g/mol. The van der Waals surface area contributed by atoms with Crippen molar-refractivity contribution in [3.63, 3.8) is 0 Å². The van der Waals surface area contributed by atoms with Crippen molar-refractivity contribution in [2.75, 3.05) is 18.5 Å². The van der Waals surface area contributed by atoms with Crippen molar-refractivity contribution in [2.24, 2.45) is 0 Å². The molecule has 2 atom stereocenters. The van der Waals surface area contributed by atoms with E-state index in [-0.39, 0.29) is 18.2 Å². The molecule has 1 saturated heterocycles. The van der Waals surface area contributed by atoms with Crippen molar-refractivity contribution in [3.8, 4) is 5.69 Å². The summed E-state index contributed by atoms with van der Waals surface area (Å²) in [5, 5.41) is 7.27. The molecule has 6 nitrogen and oxygen atoms in total. The molecule has 23 heavy (non-hydrogen) atoms. The molecule has 1 aliphatic heterocycles. The molecule has 120 valence electrons. The zero-order valence-electron chi connectivity index (χ0n) is 12.9. The van der Waals surface area contributed by atoms with Gasteiger partial charge < -0.3 is 15.0 Å². The highest BCUT2D eigenvalue weighted by Gasteiger charge is 2.38. The minimum Gasteiger partial charge on any atom is -0.374 e. The number of carbonyl (C=O) groups is 1. The van der Waals surface area contributed by atoms with E-state index in [1.165, 1.54) is 0 Å². The van der Waals surface area contributed by atoms with Gasteiger partial charge in [0, 0.05) is 6.54 Å². The molecule has 0 spiro atoms. The highest BCUT2D eigenvalue weighted by Crippen LogP contribution is 2.30. The van der Waals surface area contributed by atoms with Gasteiger partial charge in [0.25, 0.3) is 0 Å². The number of nitrogens with zero attached hydrogens (tertiary/aromatic N) is 3. The van der Waals surface area contributed by atoms with Gasteiger partial charge in [0.1, 0.15) is 0 Å². The maximum atomic E-state index is 12.6. The van der Waals surface area contributed by atoms with Crippen LogP contribution >= 0.6 is 0 Å². The summed E-state index contributed by atoms with van der Waals surface area (Å²) in [4.78, 5) is 14.5. The average molecular weight is 312 g/mol. The second-order valence-electron chi connectivity index (χ2n) is 6.04. The van der Waals surface area contributed by atoms with Crippen LogP contribution in [-0.4, -0.2) is 46.0 Å². The van der Waals surface area contributed by atoms with Gasteiger partial charge in [-0.05, 0) is 31.4 Å². The van der Waals surface area contributed by atoms with Crippen molar-refractivity contribution >= 4 is 11.7 Å². The van der Waals surface area contributed by atoms with Crippen LogP contribution in [0.25, 0.3) is 5.69 Å². The number of benzene rings is 1. The molecule has 2 heterocycles. The molecule has 1 aliphatic carbocycles. The van der Waals surface area contributed by atoms with E-state index in [1.54, 1.807) is 10.9 Å².